The normalized spacial score (nSPS) is 12.0. The number of nitrogens with one attached hydrogen (secondary N) is 1. The lowest BCUT2D eigenvalue weighted by molar-refractivity contribution is 1.40. The predicted octanol–water partition coefficient (Wildman–Crippen LogP) is 2.44. The predicted molar refractivity (Wildman–Crippen MR) is 40.1 cm³/mol. The van der Waals surface area contributed by atoms with Gasteiger partial charge in [-0.2, -0.15) is 0 Å². The van der Waals surface area contributed by atoms with E-state index in [0.717, 1.165) is 0 Å². The Kier molecular flexibility index (Phi) is 1.73. The number of allylic oxidation sites excluding steroid dienone is 2. The number of rotatable bonds is 1. The lowest BCUT2D eigenvalue weighted by Crippen LogP contribution is -1.69. The van der Waals surface area contributed by atoms with Crippen LogP contribution in [-0.2, 0) is 0 Å². The Morgan fingerprint density at radius 3 is 2.89 bits per heavy atom. The fourth-order valence-corrected chi connectivity index (χ4v) is 0.736. The van der Waals surface area contributed by atoms with Gasteiger partial charge in [0.15, 0.2) is 0 Å². The van der Waals surface area contributed by atoms with Gasteiger partial charge in [0.25, 0.3) is 0 Å². The van der Waals surface area contributed by atoms with Crippen LogP contribution in [0.5, 0.6) is 0 Å². The van der Waals surface area contributed by atoms with Gasteiger partial charge in [0.1, 0.15) is 0 Å². The summed E-state index contributed by atoms with van der Waals surface area (Å²) in [5.41, 5.74) is 2.59. The van der Waals surface area contributed by atoms with Gasteiger partial charge >= 0.3 is 0 Å². The molecular formula is C8H11N. The second-order valence-electron chi connectivity index (χ2n) is 2.07. The molecule has 0 saturated carbocycles. The van der Waals surface area contributed by atoms with E-state index >= 15 is 0 Å². The molecule has 0 aromatic carbocycles. The molecule has 1 rings (SSSR count). The first-order valence-electron chi connectivity index (χ1n) is 3.10. The average Bonchev–Trinajstić information content (AvgIpc) is 2.37. The zero-order chi connectivity index (χ0) is 6.69. The molecule has 0 atom stereocenters. The van der Waals surface area contributed by atoms with E-state index in [1.807, 2.05) is 19.3 Å². The fraction of sp³-hybridized carbons (Fsp3) is 0.250. The van der Waals surface area contributed by atoms with Crippen LogP contribution in [0, 0.1) is 0 Å². The number of H-pyrrole nitrogens is 1. The second kappa shape index (κ2) is 2.53. The van der Waals surface area contributed by atoms with Crippen LogP contribution in [-0.4, -0.2) is 4.98 Å². The van der Waals surface area contributed by atoms with E-state index in [4.69, 9.17) is 0 Å². The topological polar surface area (TPSA) is 15.8 Å². The summed E-state index contributed by atoms with van der Waals surface area (Å²) in [5.74, 6) is 0. The minimum Gasteiger partial charge on any atom is -0.367 e. The van der Waals surface area contributed by atoms with Gasteiger partial charge in [0.05, 0.1) is 0 Å². The summed E-state index contributed by atoms with van der Waals surface area (Å²) in [6, 6.07) is 2.06. The molecule has 48 valence electrons. The minimum atomic E-state index is 1.28. The third-order valence-corrected chi connectivity index (χ3v) is 1.49. The van der Waals surface area contributed by atoms with Crippen molar-refractivity contribution in [3.8, 4) is 0 Å². The highest BCUT2D eigenvalue weighted by atomic mass is 14.6. The maximum absolute atomic E-state index is 3.00. The lowest BCUT2D eigenvalue weighted by Gasteiger charge is -1.90. The molecule has 0 amide bonds. The Morgan fingerprint density at radius 2 is 2.44 bits per heavy atom. The Morgan fingerprint density at radius 1 is 1.67 bits per heavy atom. The zero-order valence-electron chi connectivity index (χ0n) is 5.81. The Hall–Kier alpha value is -0.980. The molecule has 1 N–H and O–H groups in total. The van der Waals surface area contributed by atoms with Crippen molar-refractivity contribution in [1.82, 2.24) is 4.98 Å². The quantitative estimate of drug-likeness (QED) is 0.587. The van der Waals surface area contributed by atoms with Crippen LogP contribution >= 0.6 is 0 Å². The first-order chi connectivity index (χ1) is 4.34. The molecule has 0 radical (unpaired) electrons. The van der Waals surface area contributed by atoms with Crippen molar-refractivity contribution >= 4 is 5.57 Å². The average molecular weight is 121 g/mol. The smallest absolute Gasteiger partial charge is 0.00806 e. The van der Waals surface area contributed by atoms with Gasteiger partial charge in [0.2, 0.25) is 0 Å². The lowest BCUT2D eigenvalue weighted by atomic mass is 10.1. The van der Waals surface area contributed by atoms with Gasteiger partial charge < -0.3 is 4.98 Å². The summed E-state index contributed by atoms with van der Waals surface area (Å²) in [5, 5.41) is 0. The van der Waals surface area contributed by atoms with Crippen LogP contribution in [0.4, 0.5) is 0 Å². The van der Waals surface area contributed by atoms with E-state index in [9.17, 15) is 0 Å². The van der Waals surface area contributed by atoms with Crippen molar-refractivity contribution in [3.05, 3.63) is 30.1 Å². The minimum absolute atomic E-state index is 1.28. The van der Waals surface area contributed by atoms with Crippen LogP contribution in [0.15, 0.2) is 24.5 Å². The zero-order valence-corrected chi connectivity index (χ0v) is 5.81. The molecule has 1 heterocycles. The number of aromatic nitrogens is 1. The summed E-state index contributed by atoms with van der Waals surface area (Å²) >= 11 is 0. The highest BCUT2D eigenvalue weighted by molar-refractivity contribution is 5.62. The Balaban J connectivity index is 2.90. The van der Waals surface area contributed by atoms with E-state index in [1.54, 1.807) is 0 Å². The summed E-state index contributed by atoms with van der Waals surface area (Å²) in [7, 11) is 0. The van der Waals surface area contributed by atoms with Crippen LogP contribution in [0.25, 0.3) is 5.57 Å². The molecule has 0 aliphatic rings. The Bertz CT molecular complexity index is 194. The molecule has 0 unspecified atom stereocenters. The van der Waals surface area contributed by atoms with Crippen LogP contribution < -0.4 is 0 Å². The maximum atomic E-state index is 3.00. The highest BCUT2D eigenvalue weighted by Crippen LogP contribution is 2.10. The molecule has 9 heavy (non-hydrogen) atoms. The summed E-state index contributed by atoms with van der Waals surface area (Å²) < 4.78 is 0. The molecule has 1 aromatic heterocycles. The molecule has 0 aliphatic carbocycles. The first-order valence-corrected chi connectivity index (χ1v) is 3.10. The summed E-state index contributed by atoms with van der Waals surface area (Å²) in [6.07, 6.45) is 6.03. The van der Waals surface area contributed by atoms with Gasteiger partial charge in [-0.25, -0.2) is 0 Å². The van der Waals surface area contributed by atoms with Gasteiger partial charge in [-0.1, -0.05) is 6.08 Å². The van der Waals surface area contributed by atoms with Crippen LogP contribution in [0.2, 0.25) is 0 Å². The van der Waals surface area contributed by atoms with E-state index in [-0.39, 0.29) is 0 Å². The van der Waals surface area contributed by atoms with Crippen molar-refractivity contribution in [2.75, 3.05) is 0 Å². The monoisotopic (exact) mass is 121 g/mol. The van der Waals surface area contributed by atoms with Gasteiger partial charge in [-0.05, 0) is 31.1 Å². The fourth-order valence-electron chi connectivity index (χ4n) is 0.736. The molecule has 1 aromatic rings. The third-order valence-electron chi connectivity index (χ3n) is 1.49. The first kappa shape index (κ1) is 6.14. The summed E-state index contributed by atoms with van der Waals surface area (Å²) in [6.45, 7) is 4.14. The van der Waals surface area contributed by atoms with Crippen molar-refractivity contribution < 1.29 is 0 Å². The maximum Gasteiger partial charge on any atom is 0.00806 e. The van der Waals surface area contributed by atoms with Crippen molar-refractivity contribution in [2.45, 2.75) is 13.8 Å². The van der Waals surface area contributed by atoms with Crippen LogP contribution in [0.3, 0.4) is 0 Å². The van der Waals surface area contributed by atoms with Gasteiger partial charge in [0, 0.05) is 12.4 Å². The van der Waals surface area contributed by atoms with E-state index in [2.05, 4.69) is 24.1 Å². The van der Waals surface area contributed by atoms with Gasteiger partial charge in [-0.3, -0.25) is 0 Å². The largest absolute Gasteiger partial charge is 0.367 e. The highest BCUT2D eigenvalue weighted by Gasteiger charge is 1.90. The molecule has 0 spiro atoms. The molecule has 0 bridgehead atoms. The van der Waals surface area contributed by atoms with E-state index < -0.39 is 0 Å². The molecule has 0 aliphatic heterocycles. The number of hydrogen-bond donors (Lipinski definition) is 1. The molecule has 0 fully saturated rings. The SMILES string of the molecule is CC=C(C)c1cc[nH]c1. The molecular weight excluding hydrogens is 110 g/mol. The third kappa shape index (κ3) is 1.22. The number of aromatic amines is 1. The van der Waals surface area contributed by atoms with Crippen molar-refractivity contribution in [2.24, 2.45) is 0 Å². The molecule has 0 saturated heterocycles. The Labute approximate surface area is 55.4 Å². The van der Waals surface area contributed by atoms with Crippen molar-refractivity contribution in [1.29, 1.82) is 0 Å². The van der Waals surface area contributed by atoms with E-state index in [1.165, 1.54) is 11.1 Å². The molecule has 1 heteroatoms. The molecule has 1 nitrogen and oxygen atoms in total. The number of hydrogen-bond acceptors (Lipinski definition) is 0. The summed E-state index contributed by atoms with van der Waals surface area (Å²) in [4.78, 5) is 3.00. The van der Waals surface area contributed by atoms with E-state index in [0.29, 0.717) is 0 Å². The van der Waals surface area contributed by atoms with Crippen molar-refractivity contribution in [3.63, 3.8) is 0 Å². The van der Waals surface area contributed by atoms with Gasteiger partial charge in [-0.15, -0.1) is 0 Å². The standard InChI is InChI=1S/C8H11N/c1-3-7(2)8-4-5-9-6-8/h3-6,9H,1-2H3. The van der Waals surface area contributed by atoms with Crippen LogP contribution in [0.1, 0.15) is 19.4 Å². The second-order valence-corrected chi connectivity index (χ2v) is 2.07.